The highest BCUT2D eigenvalue weighted by Crippen LogP contribution is 2.39. The number of nitrogens with zero attached hydrogens (tertiary/aromatic N) is 9. The van der Waals surface area contributed by atoms with Crippen LogP contribution in [0.4, 0.5) is 11.8 Å². The topological polar surface area (TPSA) is 164 Å². The predicted molar refractivity (Wildman–Crippen MR) is 138 cm³/mol. The zero-order valence-corrected chi connectivity index (χ0v) is 21.9. The summed E-state index contributed by atoms with van der Waals surface area (Å²) < 4.78 is 7.77. The molecule has 4 N–H and O–H groups in total. The van der Waals surface area contributed by atoms with Crippen LogP contribution in [-0.2, 0) is 4.74 Å². The van der Waals surface area contributed by atoms with E-state index < -0.39 is 24.5 Å². The van der Waals surface area contributed by atoms with Gasteiger partial charge in [-0.15, -0.1) is 10.2 Å². The van der Waals surface area contributed by atoms with E-state index in [2.05, 4.69) is 35.9 Å². The smallest absolute Gasteiger partial charge is 0.226 e. The van der Waals surface area contributed by atoms with Crippen molar-refractivity contribution in [2.75, 3.05) is 36.8 Å². The number of tetrazole rings is 1. The van der Waals surface area contributed by atoms with Crippen molar-refractivity contribution >= 4 is 22.9 Å². The van der Waals surface area contributed by atoms with E-state index in [1.807, 2.05) is 13.8 Å². The SMILES string of the molecule is CC(C)n1nnc([C@H]2O[C@@H](n3cnc4c(NC5CCCC5)nc(NCCN5CCCC5)nc43)[C@H](O)[C@@H]2O)n1. The van der Waals surface area contributed by atoms with Crippen LogP contribution < -0.4 is 10.6 Å². The third-order valence-electron chi connectivity index (χ3n) is 7.70. The maximum atomic E-state index is 11.0. The monoisotopic (exact) mass is 527 g/mol. The van der Waals surface area contributed by atoms with Crippen molar-refractivity contribution in [1.82, 2.24) is 44.6 Å². The third-order valence-corrected chi connectivity index (χ3v) is 7.70. The number of rotatable bonds is 9. The van der Waals surface area contributed by atoms with E-state index in [0.717, 1.165) is 39.0 Å². The Morgan fingerprint density at radius 1 is 1.08 bits per heavy atom. The Morgan fingerprint density at radius 2 is 1.87 bits per heavy atom. The van der Waals surface area contributed by atoms with Crippen LogP contribution in [0.25, 0.3) is 11.2 Å². The lowest BCUT2D eigenvalue weighted by molar-refractivity contribution is -0.0384. The summed E-state index contributed by atoms with van der Waals surface area (Å²) in [5.41, 5.74) is 1.11. The lowest BCUT2D eigenvalue weighted by atomic mass is 10.1. The maximum absolute atomic E-state index is 11.0. The number of fused-ring (bicyclic) bond motifs is 1. The van der Waals surface area contributed by atoms with Gasteiger partial charge in [-0.1, -0.05) is 12.8 Å². The van der Waals surface area contributed by atoms with Crippen LogP contribution >= 0.6 is 0 Å². The van der Waals surface area contributed by atoms with E-state index in [1.54, 1.807) is 10.9 Å². The number of aromatic nitrogens is 8. The van der Waals surface area contributed by atoms with Crippen molar-refractivity contribution in [3.63, 3.8) is 0 Å². The zero-order valence-electron chi connectivity index (χ0n) is 21.9. The average molecular weight is 528 g/mol. The van der Waals surface area contributed by atoms with E-state index in [4.69, 9.17) is 14.7 Å². The van der Waals surface area contributed by atoms with Gasteiger partial charge >= 0.3 is 0 Å². The number of ether oxygens (including phenoxy) is 1. The van der Waals surface area contributed by atoms with E-state index in [9.17, 15) is 10.2 Å². The normalized spacial score (nSPS) is 26.8. The molecule has 1 aliphatic carbocycles. The summed E-state index contributed by atoms with van der Waals surface area (Å²) in [7, 11) is 0. The molecule has 3 aromatic rings. The Bertz CT molecular complexity index is 1230. The summed E-state index contributed by atoms with van der Waals surface area (Å²) in [6.07, 6.45) is 4.29. The van der Waals surface area contributed by atoms with E-state index in [1.165, 1.54) is 30.5 Å². The molecule has 5 heterocycles. The van der Waals surface area contributed by atoms with Crippen LogP contribution in [-0.4, -0.2) is 99.3 Å². The van der Waals surface area contributed by atoms with Crippen molar-refractivity contribution in [3.05, 3.63) is 12.2 Å². The van der Waals surface area contributed by atoms with Gasteiger partial charge in [-0.2, -0.15) is 14.8 Å². The van der Waals surface area contributed by atoms with Gasteiger partial charge in [-0.25, -0.2) is 4.98 Å². The number of aliphatic hydroxyl groups is 2. The second-order valence-electron chi connectivity index (χ2n) is 10.8. The first kappa shape index (κ1) is 25.3. The molecule has 14 nitrogen and oxygen atoms in total. The first-order chi connectivity index (χ1) is 18.5. The van der Waals surface area contributed by atoms with Crippen molar-refractivity contribution in [2.45, 2.75) is 89.0 Å². The lowest BCUT2D eigenvalue weighted by Crippen LogP contribution is -2.29. The zero-order chi connectivity index (χ0) is 26.2. The van der Waals surface area contributed by atoms with E-state index in [-0.39, 0.29) is 11.9 Å². The minimum atomic E-state index is -1.24. The summed E-state index contributed by atoms with van der Waals surface area (Å²) >= 11 is 0. The van der Waals surface area contributed by atoms with Crippen LogP contribution in [0.1, 0.15) is 76.6 Å². The van der Waals surface area contributed by atoms with Gasteiger partial charge in [0.15, 0.2) is 29.3 Å². The second-order valence-corrected chi connectivity index (χ2v) is 10.8. The molecule has 14 heteroatoms. The second kappa shape index (κ2) is 10.7. The van der Waals surface area contributed by atoms with Crippen LogP contribution in [0.2, 0.25) is 0 Å². The first-order valence-electron chi connectivity index (χ1n) is 13.8. The molecule has 0 amide bonds. The average Bonchev–Trinajstić information content (AvgIpc) is 3.72. The molecule has 4 atom stereocenters. The molecule has 0 radical (unpaired) electrons. The summed E-state index contributed by atoms with van der Waals surface area (Å²) in [4.78, 5) is 18.0. The van der Waals surface area contributed by atoms with Crippen LogP contribution in [0.5, 0.6) is 0 Å². The molecule has 0 aromatic carbocycles. The molecule has 3 fully saturated rings. The predicted octanol–water partition coefficient (Wildman–Crippen LogP) is 1.25. The number of hydrogen-bond acceptors (Lipinski definition) is 12. The molecule has 0 unspecified atom stereocenters. The van der Waals surface area contributed by atoms with Gasteiger partial charge in [0.25, 0.3) is 0 Å². The highest BCUT2D eigenvalue weighted by Gasteiger charge is 2.47. The molecule has 3 aliphatic rings. The van der Waals surface area contributed by atoms with Gasteiger partial charge < -0.3 is 30.5 Å². The third kappa shape index (κ3) is 4.93. The standard InChI is InChI=1S/C24H37N11O3/c1-14(2)35-31-21(30-32-35)19-17(36)18(37)23(38-19)34-13-26-16-20(27-15-7-3-4-8-15)28-24(29-22(16)34)25-9-12-33-10-5-6-11-33/h13-15,17-19,23,36-37H,3-12H2,1-2H3,(H2,25,27,28,29)/t17-,18+,19-,23+/m0/s1. The van der Waals surface area contributed by atoms with E-state index in [0.29, 0.717) is 29.0 Å². The van der Waals surface area contributed by atoms with Gasteiger partial charge in [0.2, 0.25) is 11.8 Å². The lowest BCUT2D eigenvalue weighted by Gasteiger charge is -2.18. The molecule has 206 valence electrons. The molecular weight excluding hydrogens is 490 g/mol. The molecule has 38 heavy (non-hydrogen) atoms. The highest BCUT2D eigenvalue weighted by molar-refractivity contribution is 5.84. The number of aliphatic hydroxyl groups excluding tert-OH is 2. The summed E-state index contributed by atoms with van der Waals surface area (Å²) in [5.74, 6) is 1.38. The number of nitrogens with one attached hydrogen (secondary N) is 2. The Morgan fingerprint density at radius 3 is 2.61 bits per heavy atom. The van der Waals surface area contributed by atoms with Gasteiger partial charge in [-0.3, -0.25) is 4.57 Å². The maximum Gasteiger partial charge on any atom is 0.226 e. The van der Waals surface area contributed by atoms with Crippen molar-refractivity contribution in [3.8, 4) is 0 Å². The van der Waals surface area contributed by atoms with Gasteiger partial charge in [-0.05, 0) is 57.8 Å². The minimum Gasteiger partial charge on any atom is -0.387 e. The van der Waals surface area contributed by atoms with E-state index >= 15 is 0 Å². The van der Waals surface area contributed by atoms with Crippen molar-refractivity contribution < 1.29 is 14.9 Å². The summed E-state index contributed by atoms with van der Waals surface area (Å²) in [5, 5.41) is 41.2. The summed E-state index contributed by atoms with van der Waals surface area (Å²) in [6, 6.07) is 0.344. The molecule has 3 aromatic heterocycles. The van der Waals surface area contributed by atoms with Crippen LogP contribution in [0, 0.1) is 0 Å². The molecule has 1 saturated carbocycles. The number of hydrogen-bond donors (Lipinski definition) is 4. The minimum absolute atomic E-state index is 0.00647. The highest BCUT2D eigenvalue weighted by atomic mass is 16.6. The van der Waals surface area contributed by atoms with Crippen molar-refractivity contribution in [2.24, 2.45) is 0 Å². The number of likely N-dealkylation sites (tertiary alicyclic amines) is 1. The van der Waals surface area contributed by atoms with Crippen molar-refractivity contribution in [1.29, 1.82) is 0 Å². The quantitative estimate of drug-likeness (QED) is 0.315. The molecule has 6 rings (SSSR count). The molecule has 2 saturated heterocycles. The Labute approximate surface area is 220 Å². The fourth-order valence-corrected chi connectivity index (χ4v) is 5.55. The summed E-state index contributed by atoms with van der Waals surface area (Å²) in [6.45, 7) is 7.77. The largest absolute Gasteiger partial charge is 0.387 e. The van der Waals surface area contributed by atoms with Gasteiger partial charge in [0.1, 0.15) is 12.2 Å². The fourth-order valence-electron chi connectivity index (χ4n) is 5.55. The van der Waals surface area contributed by atoms with Crippen LogP contribution in [0.15, 0.2) is 6.33 Å². The Kier molecular flexibility index (Phi) is 7.12. The Balaban J connectivity index is 1.28. The first-order valence-corrected chi connectivity index (χ1v) is 13.8. The fraction of sp³-hybridized carbons (Fsp3) is 0.750. The molecular formula is C24H37N11O3. The van der Waals surface area contributed by atoms with Crippen LogP contribution in [0.3, 0.4) is 0 Å². The number of imidazole rings is 1. The molecule has 0 spiro atoms. The Hall–Kier alpha value is -2.94. The molecule has 0 bridgehead atoms. The number of anilines is 2. The van der Waals surface area contributed by atoms with Gasteiger partial charge in [0, 0.05) is 19.1 Å². The molecule has 2 aliphatic heterocycles. The van der Waals surface area contributed by atoms with Gasteiger partial charge in [0.05, 0.1) is 12.4 Å².